The Morgan fingerprint density at radius 2 is 1.96 bits per heavy atom. The molecule has 0 radical (unpaired) electrons. The standard InChI is InChI=1S/C19H23N3O4S.ClH/c1-13-7-8-15(11-16(13)19(23)21-14-9-10-20-12-14)27(24,25)22-17-5-3-4-6-18(17)26-2;/h3-8,11,14,20,22H,9-10,12H2,1-2H3,(H,21,23);1H. The maximum absolute atomic E-state index is 12.8. The molecule has 0 aliphatic carbocycles. The summed E-state index contributed by atoms with van der Waals surface area (Å²) >= 11 is 0. The highest BCUT2D eigenvalue weighted by molar-refractivity contribution is 7.92. The number of halogens is 1. The third kappa shape index (κ3) is 4.95. The minimum atomic E-state index is -3.87. The van der Waals surface area contributed by atoms with Crippen LogP contribution >= 0.6 is 12.4 Å². The number of hydrogen-bond acceptors (Lipinski definition) is 5. The van der Waals surface area contributed by atoms with Gasteiger partial charge in [0.15, 0.2) is 0 Å². The van der Waals surface area contributed by atoms with Gasteiger partial charge in [-0.25, -0.2) is 8.42 Å². The largest absolute Gasteiger partial charge is 0.495 e. The third-order valence-electron chi connectivity index (χ3n) is 4.51. The molecule has 28 heavy (non-hydrogen) atoms. The highest BCUT2D eigenvalue weighted by Crippen LogP contribution is 2.26. The molecule has 1 aliphatic rings. The molecule has 9 heteroatoms. The van der Waals surface area contributed by atoms with Crippen LogP contribution in [0.3, 0.4) is 0 Å². The van der Waals surface area contributed by atoms with E-state index in [1.54, 1.807) is 37.3 Å². The van der Waals surface area contributed by atoms with Gasteiger partial charge in [-0.2, -0.15) is 0 Å². The van der Waals surface area contributed by atoms with E-state index in [2.05, 4.69) is 15.4 Å². The first kappa shape index (κ1) is 22.0. The number of nitrogens with one attached hydrogen (secondary N) is 3. The maximum atomic E-state index is 12.8. The average molecular weight is 426 g/mol. The first-order valence-electron chi connectivity index (χ1n) is 8.69. The van der Waals surface area contributed by atoms with Crippen molar-refractivity contribution in [2.45, 2.75) is 24.3 Å². The summed E-state index contributed by atoms with van der Waals surface area (Å²) in [7, 11) is -2.40. The van der Waals surface area contributed by atoms with Gasteiger partial charge < -0.3 is 15.4 Å². The first-order valence-corrected chi connectivity index (χ1v) is 10.2. The molecule has 1 saturated heterocycles. The van der Waals surface area contributed by atoms with Gasteiger partial charge in [-0.3, -0.25) is 9.52 Å². The topological polar surface area (TPSA) is 96.5 Å². The fraction of sp³-hybridized carbons (Fsp3) is 0.316. The van der Waals surface area contributed by atoms with E-state index in [9.17, 15) is 13.2 Å². The molecule has 1 amide bonds. The van der Waals surface area contributed by atoms with Gasteiger partial charge in [-0.1, -0.05) is 18.2 Å². The van der Waals surface area contributed by atoms with Crippen molar-refractivity contribution in [3.8, 4) is 5.75 Å². The number of hydrogen-bond donors (Lipinski definition) is 3. The summed E-state index contributed by atoms with van der Waals surface area (Å²) in [6.45, 7) is 3.37. The lowest BCUT2D eigenvalue weighted by Gasteiger charge is -2.15. The molecule has 1 atom stereocenters. The number of para-hydroxylation sites is 2. The molecule has 3 N–H and O–H groups in total. The van der Waals surface area contributed by atoms with Crippen LogP contribution in [-0.4, -0.2) is 40.6 Å². The maximum Gasteiger partial charge on any atom is 0.262 e. The summed E-state index contributed by atoms with van der Waals surface area (Å²) in [5.41, 5.74) is 1.41. The quantitative estimate of drug-likeness (QED) is 0.660. The van der Waals surface area contributed by atoms with Gasteiger partial charge in [0.1, 0.15) is 5.75 Å². The van der Waals surface area contributed by atoms with E-state index in [1.807, 2.05) is 0 Å². The monoisotopic (exact) mass is 425 g/mol. The van der Waals surface area contributed by atoms with Gasteiger partial charge >= 0.3 is 0 Å². The Hall–Kier alpha value is -2.29. The van der Waals surface area contributed by atoms with E-state index in [0.717, 1.165) is 25.1 Å². The summed E-state index contributed by atoms with van der Waals surface area (Å²) in [5.74, 6) is 0.149. The fourth-order valence-corrected chi connectivity index (χ4v) is 4.08. The highest BCUT2D eigenvalue weighted by atomic mass is 35.5. The predicted octanol–water partition coefficient (Wildman–Crippen LogP) is 2.32. The average Bonchev–Trinajstić information content (AvgIpc) is 3.15. The van der Waals surface area contributed by atoms with Crippen LogP contribution in [0.4, 0.5) is 5.69 Å². The van der Waals surface area contributed by atoms with Crippen molar-refractivity contribution in [3.05, 3.63) is 53.6 Å². The van der Waals surface area contributed by atoms with Crippen LogP contribution in [0.2, 0.25) is 0 Å². The number of anilines is 1. The summed E-state index contributed by atoms with van der Waals surface area (Å²) in [5, 5.41) is 6.13. The van der Waals surface area contributed by atoms with Gasteiger partial charge in [-0.05, 0) is 49.7 Å². The van der Waals surface area contributed by atoms with E-state index >= 15 is 0 Å². The molecule has 1 aliphatic heterocycles. The van der Waals surface area contributed by atoms with Gasteiger partial charge in [0, 0.05) is 18.2 Å². The van der Waals surface area contributed by atoms with Crippen LogP contribution in [-0.2, 0) is 10.0 Å². The van der Waals surface area contributed by atoms with Crippen LogP contribution in [0.5, 0.6) is 5.75 Å². The molecule has 0 bridgehead atoms. The zero-order valence-electron chi connectivity index (χ0n) is 15.7. The summed E-state index contributed by atoms with van der Waals surface area (Å²) in [6, 6.07) is 11.3. The molecular formula is C19H24ClN3O4S. The minimum absolute atomic E-state index is 0. The number of rotatable bonds is 6. The lowest BCUT2D eigenvalue weighted by atomic mass is 10.1. The van der Waals surface area contributed by atoms with Crippen molar-refractivity contribution in [3.63, 3.8) is 0 Å². The Kier molecular flexibility index (Phi) is 7.29. The number of carbonyl (C=O) groups excluding carboxylic acids is 1. The van der Waals surface area contributed by atoms with E-state index in [0.29, 0.717) is 17.0 Å². The number of methoxy groups -OCH3 is 1. The Labute approximate surface area is 171 Å². The van der Waals surface area contributed by atoms with E-state index < -0.39 is 10.0 Å². The molecule has 2 aromatic carbocycles. The molecule has 3 rings (SSSR count). The van der Waals surface area contributed by atoms with Crippen LogP contribution in [0.15, 0.2) is 47.4 Å². The predicted molar refractivity (Wildman–Crippen MR) is 111 cm³/mol. The molecule has 2 aromatic rings. The number of aryl methyl sites for hydroxylation is 1. The Morgan fingerprint density at radius 3 is 2.64 bits per heavy atom. The van der Waals surface area contributed by atoms with Crippen molar-refractivity contribution in [2.75, 3.05) is 24.9 Å². The number of carbonyl (C=O) groups is 1. The number of ether oxygens (including phenoxy) is 1. The van der Waals surface area contributed by atoms with Crippen molar-refractivity contribution in [2.24, 2.45) is 0 Å². The Bertz CT molecular complexity index is 944. The van der Waals surface area contributed by atoms with E-state index in [4.69, 9.17) is 4.74 Å². The second-order valence-corrected chi connectivity index (χ2v) is 8.13. The zero-order valence-corrected chi connectivity index (χ0v) is 17.3. The second-order valence-electron chi connectivity index (χ2n) is 6.45. The molecule has 1 unspecified atom stereocenters. The summed E-state index contributed by atoms with van der Waals surface area (Å²) in [6.07, 6.45) is 0.859. The van der Waals surface area contributed by atoms with Crippen LogP contribution in [0.1, 0.15) is 22.3 Å². The first-order chi connectivity index (χ1) is 12.9. The fourth-order valence-electron chi connectivity index (χ4n) is 2.99. The number of sulfonamides is 1. The lowest BCUT2D eigenvalue weighted by Crippen LogP contribution is -2.36. The van der Waals surface area contributed by atoms with Crippen molar-refractivity contribution in [1.82, 2.24) is 10.6 Å². The minimum Gasteiger partial charge on any atom is -0.495 e. The highest BCUT2D eigenvalue weighted by Gasteiger charge is 2.22. The number of amides is 1. The smallest absolute Gasteiger partial charge is 0.262 e. The summed E-state index contributed by atoms with van der Waals surface area (Å²) < 4.78 is 33.3. The molecule has 1 fully saturated rings. The number of benzene rings is 2. The molecule has 0 spiro atoms. The lowest BCUT2D eigenvalue weighted by molar-refractivity contribution is 0.0939. The van der Waals surface area contributed by atoms with Crippen molar-refractivity contribution in [1.29, 1.82) is 0 Å². The Balaban J connectivity index is 0.00000280. The molecular weight excluding hydrogens is 402 g/mol. The molecule has 1 heterocycles. The van der Waals surface area contributed by atoms with Gasteiger partial charge in [-0.15, -0.1) is 12.4 Å². The third-order valence-corrected chi connectivity index (χ3v) is 5.87. The van der Waals surface area contributed by atoms with Gasteiger partial charge in [0.25, 0.3) is 15.9 Å². The van der Waals surface area contributed by atoms with E-state index in [-0.39, 0.29) is 29.3 Å². The molecule has 0 aromatic heterocycles. The molecule has 152 valence electrons. The SMILES string of the molecule is COc1ccccc1NS(=O)(=O)c1ccc(C)c(C(=O)NC2CCNC2)c1.Cl. The van der Waals surface area contributed by atoms with Crippen LogP contribution in [0, 0.1) is 6.92 Å². The second kappa shape index (κ2) is 9.27. The molecule has 7 nitrogen and oxygen atoms in total. The van der Waals surface area contributed by atoms with Crippen molar-refractivity contribution >= 4 is 34.0 Å². The zero-order chi connectivity index (χ0) is 19.4. The van der Waals surface area contributed by atoms with Gasteiger partial charge in [0.2, 0.25) is 0 Å². The summed E-state index contributed by atoms with van der Waals surface area (Å²) in [4.78, 5) is 12.6. The van der Waals surface area contributed by atoms with Crippen molar-refractivity contribution < 1.29 is 17.9 Å². The van der Waals surface area contributed by atoms with Crippen LogP contribution < -0.4 is 20.1 Å². The molecule has 0 saturated carbocycles. The van der Waals surface area contributed by atoms with Crippen LogP contribution in [0.25, 0.3) is 0 Å². The normalized spacial score (nSPS) is 16.1. The Morgan fingerprint density at radius 1 is 1.21 bits per heavy atom. The van der Waals surface area contributed by atoms with E-state index in [1.165, 1.54) is 19.2 Å². The van der Waals surface area contributed by atoms with Gasteiger partial charge in [0.05, 0.1) is 17.7 Å².